The number of fused-ring (bicyclic) bond motifs is 15. The maximum atomic E-state index is 12.5. The summed E-state index contributed by atoms with van der Waals surface area (Å²) in [6.45, 7) is 21.8. The van der Waals surface area contributed by atoms with Gasteiger partial charge < -0.3 is 83.2 Å². The smallest absolute Gasteiger partial charge is 0.410 e. The minimum absolute atomic E-state index is 0.0227. The number of nitrogen functional groups attached to an aromatic ring is 5. The first kappa shape index (κ1) is 89.6. The zero-order valence-corrected chi connectivity index (χ0v) is 75.1. The Bertz CT molecular complexity index is 7560. The fourth-order valence-electron chi connectivity index (χ4n) is 14.9. The lowest BCUT2D eigenvalue weighted by Crippen LogP contribution is -2.38. The van der Waals surface area contributed by atoms with Crippen LogP contribution in [0.1, 0.15) is 97.0 Å². The summed E-state index contributed by atoms with van der Waals surface area (Å²) in [5.74, 6) is 4.94. The first-order chi connectivity index (χ1) is 62.7. The molecule has 42 heteroatoms. The van der Waals surface area contributed by atoms with Gasteiger partial charge in [-0.1, -0.05) is 37.3 Å². The summed E-state index contributed by atoms with van der Waals surface area (Å²) in [4.78, 5) is 115. The van der Waals surface area contributed by atoms with Crippen LogP contribution in [-0.2, 0) is 57.1 Å². The van der Waals surface area contributed by atoms with Crippen LogP contribution in [-0.4, -0.2) is 224 Å². The fourth-order valence-corrected chi connectivity index (χ4v) is 15.7. The van der Waals surface area contributed by atoms with Crippen LogP contribution in [0.2, 0.25) is 0 Å². The van der Waals surface area contributed by atoms with Crippen LogP contribution >= 0.6 is 0 Å². The van der Waals surface area contributed by atoms with E-state index in [0.717, 1.165) is 122 Å². The van der Waals surface area contributed by atoms with Crippen LogP contribution in [0.4, 0.5) is 38.7 Å². The van der Waals surface area contributed by atoms with Gasteiger partial charge in [0, 0.05) is 129 Å². The van der Waals surface area contributed by atoms with E-state index in [0.29, 0.717) is 137 Å². The molecule has 19 N–H and O–H groups in total. The molecule has 0 bridgehead atoms. The normalized spacial score (nSPS) is 11.6. The number of imidazole rings is 5. The molecule has 0 aliphatic heterocycles. The summed E-state index contributed by atoms with van der Waals surface area (Å²) >= 11 is 0. The molecule has 5 amide bonds. The van der Waals surface area contributed by atoms with Gasteiger partial charge in [-0.3, -0.25) is 24.9 Å². The average Bonchev–Trinajstić information content (AvgIpc) is 1.65. The number of rotatable bonds is 19. The quantitative estimate of drug-likeness (QED) is 0.0357. The van der Waals surface area contributed by atoms with E-state index in [4.69, 9.17) is 43.4 Å². The van der Waals surface area contributed by atoms with Crippen molar-refractivity contribution in [2.45, 2.75) is 108 Å². The summed E-state index contributed by atoms with van der Waals surface area (Å²) in [6.07, 6.45) is 9.46. The van der Waals surface area contributed by atoms with Crippen LogP contribution in [0.25, 0.3) is 149 Å². The van der Waals surface area contributed by atoms with Crippen molar-refractivity contribution in [3.05, 3.63) is 181 Å². The molecular weight excluding hydrogens is 1690 g/mol. The van der Waals surface area contributed by atoms with Gasteiger partial charge in [-0.2, -0.15) is 24.7 Å². The summed E-state index contributed by atoms with van der Waals surface area (Å²) < 4.78 is 32.3. The van der Waals surface area contributed by atoms with Crippen LogP contribution in [0.5, 0.6) is 0 Å². The van der Waals surface area contributed by atoms with Crippen LogP contribution in [0.15, 0.2) is 146 Å². The minimum Gasteiger partial charge on any atom is -0.444 e. The van der Waals surface area contributed by atoms with Crippen LogP contribution < -0.4 is 34.0 Å². The SMILES string of the molecule is CC(=O)NCc1nc2c([nH]1)c(N)nc1cc(-c3ccn[nH]3)ccc12.CCN(Cc1nc2c([nH]1)c(N)nc1cc(-c3ccn[nH]3)ccc12)C(=O)N(C)C.CCN(Cc1nc2c([nH]1)c(N)nc1cc(-c3ccn[nH]3)ccc12)C(=O)OC(C)(C)C.CCN(Cc1nc2c([nH]1)c(N)nc1cc(-n3cccn3)ccc12)S(C)(=O)=O.CCN(Cc1nc2c([nH]1)c(N)nc1cc(C)ccc12)C(C)=O. The van der Waals surface area contributed by atoms with Gasteiger partial charge in [0.15, 0.2) is 0 Å². The molecule has 0 saturated heterocycles. The molecule has 0 aliphatic rings. The molecule has 14 heterocycles. The Hall–Kier alpha value is -16.3. The van der Waals surface area contributed by atoms with Gasteiger partial charge in [0.05, 0.1) is 89.3 Å². The number of sulfonamides is 1. The van der Waals surface area contributed by atoms with E-state index < -0.39 is 15.6 Å². The topological polar surface area (TPSA) is 582 Å². The number of benzene rings is 5. The van der Waals surface area contributed by atoms with E-state index in [-0.39, 0.29) is 37.0 Å². The van der Waals surface area contributed by atoms with Crippen molar-refractivity contribution in [3.8, 4) is 39.5 Å². The lowest BCUT2D eigenvalue weighted by atomic mass is 10.1. The molecule has 0 saturated carbocycles. The second-order valence-electron chi connectivity index (χ2n) is 32.1. The molecule has 674 valence electrons. The van der Waals surface area contributed by atoms with Crippen molar-refractivity contribution in [1.82, 2.24) is 144 Å². The zero-order valence-electron chi connectivity index (χ0n) is 74.3. The van der Waals surface area contributed by atoms with Crippen molar-refractivity contribution in [1.29, 1.82) is 0 Å². The van der Waals surface area contributed by atoms with Crippen molar-refractivity contribution < 1.29 is 32.3 Å². The van der Waals surface area contributed by atoms with Gasteiger partial charge in [0.25, 0.3) is 0 Å². The number of carbonyl (C=O) groups excluding carboxylic acids is 4. The first-order valence-electron chi connectivity index (χ1n) is 41.9. The number of H-pyrrole nitrogens is 8. The Morgan fingerprint density at radius 3 is 1.17 bits per heavy atom. The van der Waals surface area contributed by atoms with Crippen molar-refractivity contribution in [2.75, 3.05) is 75.2 Å². The maximum Gasteiger partial charge on any atom is 0.410 e. The molecule has 0 atom stereocenters. The molecule has 0 radical (unpaired) electrons. The number of carbonyl (C=O) groups is 4. The summed E-state index contributed by atoms with van der Waals surface area (Å²) in [6, 6.07) is 37.0. The van der Waals surface area contributed by atoms with Crippen molar-refractivity contribution in [3.63, 3.8) is 0 Å². The first-order valence-corrected chi connectivity index (χ1v) is 43.8. The Kier molecular flexibility index (Phi) is 25.5. The molecule has 131 heavy (non-hydrogen) atoms. The molecular formula is C89H100N34O7S. The van der Waals surface area contributed by atoms with Gasteiger partial charge in [-0.05, 0) is 139 Å². The van der Waals surface area contributed by atoms with E-state index in [1.165, 1.54) is 17.5 Å². The summed E-state index contributed by atoms with van der Waals surface area (Å²) in [7, 11) is 0.148. The maximum absolute atomic E-state index is 12.5. The van der Waals surface area contributed by atoms with Crippen molar-refractivity contribution in [2.24, 2.45) is 0 Å². The number of hydrogen-bond donors (Lipinski definition) is 14. The Labute approximate surface area is 748 Å². The largest absolute Gasteiger partial charge is 0.444 e. The lowest BCUT2D eigenvalue weighted by Gasteiger charge is -2.25. The van der Waals surface area contributed by atoms with E-state index in [1.54, 1.807) is 77.0 Å². The lowest BCUT2D eigenvalue weighted by molar-refractivity contribution is -0.129. The Balaban J connectivity index is 0.000000126. The molecule has 0 aliphatic carbocycles. The third-order valence-corrected chi connectivity index (χ3v) is 22.8. The van der Waals surface area contributed by atoms with E-state index in [2.05, 4.69) is 106 Å². The van der Waals surface area contributed by atoms with Gasteiger partial charge in [-0.15, -0.1) is 0 Å². The number of pyridine rings is 5. The Morgan fingerprint density at radius 1 is 0.450 bits per heavy atom. The minimum atomic E-state index is -3.32. The summed E-state index contributed by atoms with van der Waals surface area (Å²) in [5.41, 5.74) is 48.5. The predicted molar refractivity (Wildman–Crippen MR) is 506 cm³/mol. The van der Waals surface area contributed by atoms with Crippen LogP contribution in [0.3, 0.4) is 0 Å². The van der Waals surface area contributed by atoms with Crippen molar-refractivity contribution >= 4 is 173 Å². The van der Waals surface area contributed by atoms with Gasteiger partial charge in [0.2, 0.25) is 21.8 Å². The van der Waals surface area contributed by atoms with E-state index >= 15 is 0 Å². The highest BCUT2D eigenvalue weighted by atomic mass is 32.2. The van der Waals surface area contributed by atoms with Gasteiger partial charge in [0.1, 0.15) is 119 Å². The number of hydrogen-bond acceptors (Lipinski definition) is 26. The standard InChI is InChI=1S/C21H25N7O2.C19H22N8O.C17H19N7O2S.C16H15N7O.C16H19N5O/c1-5-28(20(29)30-21(2,3)4)11-16-25-17-13-7-6-12(14-8-9-23-27-14)10-15(13)24-19(22)18(17)26-16;1-4-27(19(28)26(2)3)10-15-23-16-12-6-5-11(13-7-8-21-25-13)9-14(12)22-18(20)17(16)24-15;1-3-23(27(2,25)26)10-14-21-15-12-6-5-11(24-8-4-7-19-24)9-13(12)20-17(18)16(15)22-14;1-8(24)18-7-13-21-14-10-3-2-9(11-4-5-19-23-11)6-12(10)20-16(17)15(14)22-13;1-4-21(10(3)22)8-13-19-14-11-6-5-9(2)7-12(11)18-16(17)15(14)20-13/h6-10H,5,11H2,1-4H3,(H2,22,24)(H,23,27)(H,25,26);5-9H,4,10H2,1-3H3,(H2,20,22)(H,21,25)(H,23,24);4-9H,3,10H2,1-2H3,(H2,18,20)(H,21,22);2-6H,7H2,1H3,(H2,17,20)(H,18,24)(H,19,23)(H,21,22);5-7H,4,8H2,1-3H3,(H2,17,18)(H,19,20). The number of nitrogens with one attached hydrogen (secondary N) is 9. The molecule has 0 spiro atoms. The highest BCUT2D eigenvalue weighted by molar-refractivity contribution is 7.88. The third-order valence-electron chi connectivity index (χ3n) is 21.4. The second-order valence-corrected chi connectivity index (χ2v) is 34.1. The van der Waals surface area contributed by atoms with Gasteiger partial charge in [-0.25, -0.2) is 72.5 Å². The Morgan fingerprint density at radius 2 is 0.817 bits per heavy atom. The number of amides is 5. The molecule has 19 rings (SSSR count). The molecule has 0 unspecified atom stereocenters. The number of nitrogens with two attached hydrogens (primary N) is 5. The highest BCUT2D eigenvalue weighted by Crippen LogP contribution is 2.36. The molecule has 5 aromatic carbocycles. The second kappa shape index (κ2) is 37.3. The predicted octanol–water partition coefficient (Wildman–Crippen LogP) is 12.2. The van der Waals surface area contributed by atoms with E-state index in [1.807, 2.05) is 170 Å². The highest BCUT2D eigenvalue weighted by Gasteiger charge is 2.26. The average molecular weight is 1790 g/mol. The third kappa shape index (κ3) is 19.7. The molecule has 19 aromatic rings. The number of aromatic nitrogens is 23. The number of anilines is 5. The summed E-state index contributed by atoms with van der Waals surface area (Å²) in [5, 5.41) is 32.2. The van der Waals surface area contributed by atoms with Gasteiger partial charge >= 0.3 is 12.1 Å². The van der Waals surface area contributed by atoms with Crippen LogP contribution in [0, 0.1) is 6.92 Å². The number of nitrogens with zero attached hydrogens (tertiary/aromatic N) is 20. The number of urea groups is 1. The van der Waals surface area contributed by atoms with E-state index in [9.17, 15) is 27.6 Å². The zero-order chi connectivity index (χ0) is 93.0. The number of aryl methyl sites for hydroxylation is 1. The molecule has 0 fully saturated rings. The monoisotopic (exact) mass is 1790 g/mol. The molecule has 41 nitrogen and oxygen atoms in total. The molecule has 14 aromatic heterocycles. The number of ether oxygens (including phenoxy) is 1. The number of aromatic amines is 8. The fraction of sp³-hybridized carbons (Fsp3) is 0.258.